The third kappa shape index (κ3) is 2.81. The van der Waals surface area contributed by atoms with Gasteiger partial charge in [0.05, 0.1) is 37.1 Å². The van der Waals surface area contributed by atoms with E-state index in [2.05, 4.69) is 9.97 Å². The Morgan fingerprint density at radius 1 is 0.964 bits per heavy atom. The molecule has 2 heterocycles. The van der Waals surface area contributed by atoms with Crippen molar-refractivity contribution in [3.8, 4) is 28.8 Å². The van der Waals surface area contributed by atoms with Gasteiger partial charge < -0.3 is 15.2 Å². The van der Waals surface area contributed by atoms with Crippen molar-refractivity contribution in [2.24, 2.45) is 0 Å². The maximum atomic E-state index is 13.9. The van der Waals surface area contributed by atoms with Crippen LogP contribution < -0.4 is 15.2 Å². The average molecular weight is 374 g/mol. The molecule has 7 heteroatoms. The number of nitriles is 1. The lowest BCUT2D eigenvalue weighted by Gasteiger charge is -2.12. The second-order valence-corrected chi connectivity index (χ2v) is 6.18. The summed E-state index contributed by atoms with van der Waals surface area (Å²) in [7, 11) is 3.11. The fourth-order valence-corrected chi connectivity index (χ4v) is 3.21. The van der Waals surface area contributed by atoms with E-state index in [1.165, 1.54) is 12.1 Å². The van der Waals surface area contributed by atoms with E-state index in [4.69, 9.17) is 20.5 Å². The van der Waals surface area contributed by atoms with Crippen LogP contribution in [-0.2, 0) is 0 Å². The largest absolute Gasteiger partial charge is 0.493 e. The SMILES string of the molecule is COc1cc2ncc3c(N)nc(-c4cc(F)cc(C#N)c4)cc3c2cc1OC. The highest BCUT2D eigenvalue weighted by atomic mass is 19.1. The van der Waals surface area contributed by atoms with Crippen LogP contribution in [0.3, 0.4) is 0 Å². The summed E-state index contributed by atoms with van der Waals surface area (Å²) < 4.78 is 24.6. The number of nitrogens with zero attached hydrogens (tertiary/aromatic N) is 3. The van der Waals surface area contributed by atoms with Crippen LogP contribution >= 0.6 is 0 Å². The van der Waals surface area contributed by atoms with Crippen LogP contribution in [0.1, 0.15) is 5.56 Å². The molecule has 0 aliphatic rings. The third-order valence-corrected chi connectivity index (χ3v) is 4.54. The zero-order valence-corrected chi connectivity index (χ0v) is 15.2. The van der Waals surface area contributed by atoms with Crippen molar-refractivity contribution in [1.82, 2.24) is 9.97 Å². The van der Waals surface area contributed by atoms with Gasteiger partial charge in [-0.25, -0.2) is 9.37 Å². The highest BCUT2D eigenvalue weighted by Crippen LogP contribution is 2.37. The second kappa shape index (κ2) is 6.67. The van der Waals surface area contributed by atoms with Gasteiger partial charge in [-0.1, -0.05) is 0 Å². The fraction of sp³-hybridized carbons (Fsp3) is 0.0952. The van der Waals surface area contributed by atoms with E-state index in [0.717, 1.165) is 10.8 Å². The number of nitrogen functional groups attached to an aromatic ring is 1. The van der Waals surface area contributed by atoms with E-state index in [9.17, 15) is 4.39 Å². The van der Waals surface area contributed by atoms with Gasteiger partial charge in [0, 0.05) is 28.6 Å². The standard InChI is InChI=1S/C21H15FN4O2/c1-27-19-7-15-14-6-17(12-3-11(9-23)4-13(22)5-12)26-21(24)16(14)10-25-18(15)8-20(19)28-2/h3-8,10H,1-2H3,(H2,24,26). The van der Waals surface area contributed by atoms with E-state index >= 15 is 0 Å². The Morgan fingerprint density at radius 2 is 1.71 bits per heavy atom. The monoisotopic (exact) mass is 374 g/mol. The van der Waals surface area contributed by atoms with E-state index in [0.29, 0.717) is 33.7 Å². The molecule has 0 saturated heterocycles. The molecule has 138 valence electrons. The van der Waals surface area contributed by atoms with Crippen LogP contribution in [-0.4, -0.2) is 24.2 Å². The molecule has 6 nitrogen and oxygen atoms in total. The molecule has 0 amide bonds. The van der Waals surface area contributed by atoms with Gasteiger partial charge in [-0.15, -0.1) is 0 Å². The van der Waals surface area contributed by atoms with Crippen molar-refractivity contribution in [1.29, 1.82) is 5.26 Å². The molecular weight excluding hydrogens is 359 g/mol. The minimum Gasteiger partial charge on any atom is -0.493 e. The Morgan fingerprint density at radius 3 is 2.43 bits per heavy atom. The van der Waals surface area contributed by atoms with Gasteiger partial charge in [0.1, 0.15) is 11.6 Å². The normalized spacial score (nSPS) is 10.8. The first-order valence-electron chi connectivity index (χ1n) is 8.36. The van der Waals surface area contributed by atoms with Crippen LogP contribution in [0.15, 0.2) is 42.6 Å². The van der Waals surface area contributed by atoms with Gasteiger partial charge >= 0.3 is 0 Å². The summed E-state index contributed by atoms with van der Waals surface area (Å²) in [6.45, 7) is 0. The zero-order valence-electron chi connectivity index (χ0n) is 15.2. The molecule has 0 fully saturated rings. The molecule has 28 heavy (non-hydrogen) atoms. The molecule has 4 rings (SSSR count). The molecule has 4 aromatic rings. The number of fused-ring (bicyclic) bond motifs is 3. The van der Waals surface area contributed by atoms with Gasteiger partial charge in [0.15, 0.2) is 11.5 Å². The van der Waals surface area contributed by atoms with E-state index in [-0.39, 0.29) is 11.4 Å². The Bertz CT molecular complexity index is 1280. The number of anilines is 1. The zero-order chi connectivity index (χ0) is 19.8. The molecule has 0 aliphatic carbocycles. The number of rotatable bonds is 3. The number of pyridine rings is 2. The van der Waals surface area contributed by atoms with Gasteiger partial charge in [0.25, 0.3) is 0 Å². The minimum atomic E-state index is -0.513. The smallest absolute Gasteiger partial charge is 0.162 e. The van der Waals surface area contributed by atoms with Crippen molar-refractivity contribution in [2.75, 3.05) is 20.0 Å². The van der Waals surface area contributed by atoms with Crippen molar-refractivity contribution in [2.45, 2.75) is 0 Å². The predicted octanol–water partition coefficient (Wildman–Crippen LogP) is 4.06. The molecule has 0 bridgehead atoms. The van der Waals surface area contributed by atoms with Crippen molar-refractivity contribution in [3.63, 3.8) is 0 Å². The number of ether oxygens (including phenoxy) is 2. The maximum absolute atomic E-state index is 13.9. The number of hydrogen-bond donors (Lipinski definition) is 1. The lowest BCUT2D eigenvalue weighted by molar-refractivity contribution is 0.356. The summed E-state index contributed by atoms with van der Waals surface area (Å²) in [4.78, 5) is 8.82. The molecular formula is C21H15FN4O2. The van der Waals surface area contributed by atoms with Gasteiger partial charge in [-0.2, -0.15) is 5.26 Å². The summed E-state index contributed by atoms with van der Waals surface area (Å²) in [6, 6.07) is 11.4. The van der Waals surface area contributed by atoms with Crippen LogP contribution in [0.25, 0.3) is 32.9 Å². The van der Waals surface area contributed by atoms with Crippen LogP contribution in [0.2, 0.25) is 0 Å². The van der Waals surface area contributed by atoms with Crippen LogP contribution in [0.4, 0.5) is 10.2 Å². The Balaban J connectivity index is 2.05. The molecule has 2 aromatic carbocycles. The topological polar surface area (TPSA) is 94.0 Å². The van der Waals surface area contributed by atoms with Gasteiger partial charge in [-0.05, 0) is 35.7 Å². The third-order valence-electron chi connectivity index (χ3n) is 4.54. The molecule has 2 aromatic heterocycles. The van der Waals surface area contributed by atoms with E-state index in [1.54, 1.807) is 38.6 Å². The first-order valence-corrected chi connectivity index (χ1v) is 8.36. The fourth-order valence-electron chi connectivity index (χ4n) is 3.21. The number of nitrogens with two attached hydrogens (primary N) is 1. The van der Waals surface area contributed by atoms with Gasteiger partial charge in [-0.3, -0.25) is 4.98 Å². The van der Waals surface area contributed by atoms with E-state index in [1.807, 2.05) is 12.1 Å². The first kappa shape index (κ1) is 17.5. The Labute approximate surface area is 160 Å². The van der Waals surface area contributed by atoms with Crippen molar-refractivity contribution in [3.05, 3.63) is 54.0 Å². The average Bonchev–Trinajstić information content (AvgIpc) is 2.71. The number of benzene rings is 2. The Kier molecular flexibility index (Phi) is 4.17. The lowest BCUT2D eigenvalue weighted by atomic mass is 10.0. The summed E-state index contributed by atoms with van der Waals surface area (Å²) in [5, 5.41) is 11.4. The summed E-state index contributed by atoms with van der Waals surface area (Å²) in [5.41, 5.74) is 7.99. The molecule has 0 spiro atoms. The maximum Gasteiger partial charge on any atom is 0.162 e. The summed E-state index contributed by atoms with van der Waals surface area (Å²) in [5.74, 6) is 0.867. The number of aromatic nitrogens is 2. The lowest BCUT2D eigenvalue weighted by Crippen LogP contribution is -1.97. The van der Waals surface area contributed by atoms with Gasteiger partial charge in [0.2, 0.25) is 0 Å². The van der Waals surface area contributed by atoms with Crippen LogP contribution in [0.5, 0.6) is 11.5 Å². The quantitative estimate of drug-likeness (QED) is 0.544. The second-order valence-electron chi connectivity index (χ2n) is 6.18. The van der Waals surface area contributed by atoms with Crippen molar-refractivity contribution < 1.29 is 13.9 Å². The predicted molar refractivity (Wildman–Crippen MR) is 105 cm³/mol. The molecule has 2 N–H and O–H groups in total. The highest BCUT2D eigenvalue weighted by molar-refractivity contribution is 6.10. The molecule has 0 atom stereocenters. The number of methoxy groups -OCH3 is 2. The summed E-state index contributed by atoms with van der Waals surface area (Å²) >= 11 is 0. The molecule has 0 saturated carbocycles. The van der Waals surface area contributed by atoms with E-state index < -0.39 is 5.82 Å². The number of halogens is 1. The first-order chi connectivity index (χ1) is 13.5. The highest BCUT2D eigenvalue weighted by Gasteiger charge is 2.14. The molecule has 0 unspecified atom stereocenters. The summed E-state index contributed by atoms with van der Waals surface area (Å²) in [6.07, 6.45) is 1.64. The minimum absolute atomic E-state index is 0.210. The van der Waals surface area contributed by atoms with Crippen molar-refractivity contribution >= 4 is 27.5 Å². The Hall–Kier alpha value is -3.92. The molecule has 0 radical (unpaired) electrons. The number of hydrogen-bond acceptors (Lipinski definition) is 6. The van der Waals surface area contributed by atoms with Crippen LogP contribution in [0, 0.1) is 17.1 Å². The molecule has 0 aliphatic heterocycles.